The van der Waals surface area contributed by atoms with Crippen molar-refractivity contribution in [1.82, 2.24) is 10.6 Å². The molecule has 0 radical (unpaired) electrons. The van der Waals surface area contributed by atoms with Crippen LogP contribution in [0.15, 0.2) is 48.5 Å². The highest BCUT2D eigenvalue weighted by Crippen LogP contribution is 2.14. The first kappa shape index (κ1) is 24.1. The average Bonchev–Trinajstić information content (AvgIpc) is 2.77. The molecule has 0 saturated heterocycles. The Kier molecular flexibility index (Phi) is 8.46. The number of carbonyl (C=O) groups is 4. The second kappa shape index (κ2) is 11.3. The summed E-state index contributed by atoms with van der Waals surface area (Å²) in [6, 6.07) is 11.0. The number of benzene rings is 2. The molecule has 0 saturated carbocycles. The average molecular weight is 441 g/mol. The standard InChI is InChI=1S/C22H23N3O7/c1-3-31-22(30)25-20(23)15-4-6-16(7-5-15)21(29)24-13(2)19(28)14-8-10-17(11-9-14)32-12-18(26)27/h4-11,13H,3,12H2,1-2H3,(H,24,29)(H,26,27)(H2,23,25,30)/t13-/m0/s1. The number of carbonyl (C=O) groups excluding carboxylic acids is 3. The van der Waals surface area contributed by atoms with Gasteiger partial charge in [0.25, 0.3) is 5.91 Å². The van der Waals surface area contributed by atoms with Crippen LogP contribution in [0.3, 0.4) is 0 Å². The predicted octanol–water partition coefficient (Wildman–Crippen LogP) is 2.22. The van der Waals surface area contributed by atoms with Gasteiger partial charge in [-0.25, -0.2) is 9.59 Å². The minimum absolute atomic E-state index is 0.172. The molecule has 4 N–H and O–H groups in total. The van der Waals surface area contributed by atoms with E-state index in [0.717, 1.165) is 0 Å². The minimum Gasteiger partial charge on any atom is -0.482 e. The van der Waals surface area contributed by atoms with Gasteiger partial charge >= 0.3 is 12.1 Å². The zero-order valence-corrected chi connectivity index (χ0v) is 17.5. The van der Waals surface area contributed by atoms with Crippen LogP contribution in [0.25, 0.3) is 0 Å². The lowest BCUT2D eigenvalue weighted by molar-refractivity contribution is -0.139. The third-order valence-electron chi connectivity index (χ3n) is 4.18. The zero-order valence-electron chi connectivity index (χ0n) is 17.5. The Bertz CT molecular complexity index is 1000. The normalized spacial score (nSPS) is 11.1. The molecule has 10 heteroatoms. The minimum atomic E-state index is -1.11. The van der Waals surface area contributed by atoms with Crippen LogP contribution >= 0.6 is 0 Å². The molecule has 168 valence electrons. The summed E-state index contributed by atoms with van der Waals surface area (Å²) in [6.45, 7) is 2.88. The van der Waals surface area contributed by atoms with Crippen LogP contribution in [0.4, 0.5) is 4.79 Å². The van der Waals surface area contributed by atoms with Crippen LogP contribution in [0.1, 0.15) is 40.1 Å². The number of Topliss-reactive ketones (excluding diaryl/α,β-unsaturated/α-hetero) is 1. The van der Waals surface area contributed by atoms with E-state index in [0.29, 0.717) is 16.9 Å². The van der Waals surface area contributed by atoms with Crippen LogP contribution in [-0.4, -0.2) is 54.0 Å². The maximum absolute atomic E-state index is 12.6. The SMILES string of the molecule is CCOC(=O)NC(=N)c1ccc(C(=O)N[C@@H](C)C(=O)c2ccc(OCC(=O)O)cc2)cc1. The number of alkyl carbamates (subject to hydrolysis) is 1. The summed E-state index contributed by atoms with van der Waals surface area (Å²) >= 11 is 0. The third-order valence-corrected chi connectivity index (χ3v) is 4.18. The summed E-state index contributed by atoms with van der Waals surface area (Å²) in [7, 11) is 0. The Hall–Kier alpha value is -4.21. The Morgan fingerprint density at radius 3 is 2.09 bits per heavy atom. The molecule has 10 nitrogen and oxygen atoms in total. The smallest absolute Gasteiger partial charge is 0.412 e. The second-order valence-corrected chi connectivity index (χ2v) is 6.56. The molecule has 0 bridgehead atoms. The van der Waals surface area contributed by atoms with Gasteiger partial charge in [0.2, 0.25) is 0 Å². The van der Waals surface area contributed by atoms with E-state index >= 15 is 0 Å². The molecule has 1 atom stereocenters. The van der Waals surface area contributed by atoms with Gasteiger partial charge in [-0.3, -0.25) is 20.3 Å². The highest BCUT2D eigenvalue weighted by Gasteiger charge is 2.19. The van der Waals surface area contributed by atoms with Gasteiger partial charge in [0.05, 0.1) is 12.6 Å². The molecule has 0 aliphatic carbocycles. The van der Waals surface area contributed by atoms with Crippen LogP contribution < -0.4 is 15.4 Å². The van der Waals surface area contributed by atoms with Crippen molar-refractivity contribution in [3.05, 3.63) is 65.2 Å². The lowest BCUT2D eigenvalue weighted by Gasteiger charge is -2.14. The fourth-order valence-corrected chi connectivity index (χ4v) is 2.59. The van der Waals surface area contributed by atoms with Crippen LogP contribution in [0, 0.1) is 5.41 Å². The molecule has 0 spiro atoms. The molecule has 2 amide bonds. The first-order valence-electron chi connectivity index (χ1n) is 9.63. The lowest BCUT2D eigenvalue weighted by Crippen LogP contribution is -2.38. The number of carboxylic acids is 1. The first-order valence-corrected chi connectivity index (χ1v) is 9.63. The molecule has 0 aliphatic rings. The molecule has 0 aromatic heterocycles. The second-order valence-electron chi connectivity index (χ2n) is 6.56. The van der Waals surface area contributed by atoms with E-state index in [9.17, 15) is 19.2 Å². The molecule has 2 rings (SSSR count). The number of nitrogens with one attached hydrogen (secondary N) is 3. The number of amidine groups is 1. The van der Waals surface area contributed by atoms with E-state index in [1.165, 1.54) is 48.5 Å². The quantitative estimate of drug-likeness (QED) is 0.264. The number of carboxylic acid groups (broad SMARTS) is 1. The van der Waals surface area contributed by atoms with Crippen molar-refractivity contribution in [1.29, 1.82) is 5.41 Å². The van der Waals surface area contributed by atoms with Crippen LogP contribution in [0.5, 0.6) is 5.75 Å². The number of aliphatic carboxylic acids is 1. The molecule has 2 aromatic rings. The van der Waals surface area contributed by atoms with E-state index in [1.54, 1.807) is 13.8 Å². The fourth-order valence-electron chi connectivity index (χ4n) is 2.59. The van der Waals surface area contributed by atoms with Gasteiger partial charge < -0.3 is 19.9 Å². The number of hydrogen-bond donors (Lipinski definition) is 4. The van der Waals surface area contributed by atoms with Crippen molar-refractivity contribution >= 4 is 29.6 Å². The van der Waals surface area contributed by atoms with Gasteiger partial charge in [-0.05, 0) is 50.2 Å². The van der Waals surface area contributed by atoms with E-state index in [2.05, 4.69) is 10.6 Å². The molecular formula is C22H23N3O7. The Morgan fingerprint density at radius 2 is 1.53 bits per heavy atom. The van der Waals surface area contributed by atoms with E-state index in [-0.39, 0.29) is 23.8 Å². The summed E-state index contributed by atoms with van der Waals surface area (Å²) in [5.74, 6) is -1.79. The van der Waals surface area contributed by atoms with Gasteiger partial charge in [-0.15, -0.1) is 0 Å². The van der Waals surface area contributed by atoms with Crippen molar-refractivity contribution in [2.45, 2.75) is 19.9 Å². The van der Waals surface area contributed by atoms with Gasteiger partial charge in [0.15, 0.2) is 12.4 Å². The summed E-state index contributed by atoms with van der Waals surface area (Å²) in [4.78, 5) is 46.9. The first-order chi connectivity index (χ1) is 15.2. The topological polar surface area (TPSA) is 155 Å². The van der Waals surface area contributed by atoms with Gasteiger partial charge in [0, 0.05) is 16.7 Å². The summed E-state index contributed by atoms with van der Waals surface area (Å²) in [5.41, 5.74) is 0.980. The Labute approximate surface area is 184 Å². The molecule has 0 heterocycles. The molecular weight excluding hydrogens is 418 g/mol. The van der Waals surface area contributed by atoms with Crippen molar-refractivity contribution in [3.8, 4) is 5.75 Å². The molecule has 0 unspecified atom stereocenters. The molecule has 0 fully saturated rings. The molecule has 0 aliphatic heterocycles. The monoisotopic (exact) mass is 441 g/mol. The van der Waals surface area contributed by atoms with Gasteiger partial charge in [-0.1, -0.05) is 12.1 Å². The van der Waals surface area contributed by atoms with E-state index in [4.69, 9.17) is 20.0 Å². The molecule has 2 aromatic carbocycles. The number of amides is 2. The van der Waals surface area contributed by atoms with E-state index < -0.39 is 30.6 Å². The predicted molar refractivity (Wildman–Crippen MR) is 114 cm³/mol. The van der Waals surface area contributed by atoms with Gasteiger partial charge in [0.1, 0.15) is 11.6 Å². The van der Waals surface area contributed by atoms with Crippen LogP contribution in [0.2, 0.25) is 0 Å². The number of hydrogen-bond acceptors (Lipinski definition) is 7. The highest BCUT2D eigenvalue weighted by atomic mass is 16.5. The summed E-state index contributed by atoms with van der Waals surface area (Å²) in [6.07, 6.45) is -0.742. The van der Waals surface area contributed by atoms with Crippen LogP contribution in [-0.2, 0) is 9.53 Å². The number of ether oxygens (including phenoxy) is 2. The molecule has 32 heavy (non-hydrogen) atoms. The zero-order chi connectivity index (χ0) is 23.7. The number of rotatable bonds is 9. The van der Waals surface area contributed by atoms with Crippen molar-refractivity contribution in [3.63, 3.8) is 0 Å². The van der Waals surface area contributed by atoms with Crippen molar-refractivity contribution in [2.75, 3.05) is 13.2 Å². The third kappa shape index (κ3) is 6.94. The summed E-state index contributed by atoms with van der Waals surface area (Å²) in [5, 5.41) is 21.3. The fraction of sp³-hybridized carbons (Fsp3) is 0.227. The maximum atomic E-state index is 12.6. The van der Waals surface area contributed by atoms with E-state index in [1.807, 2.05) is 0 Å². The Balaban J connectivity index is 1.95. The van der Waals surface area contributed by atoms with Gasteiger partial charge in [-0.2, -0.15) is 0 Å². The van der Waals surface area contributed by atoms with Crippen molar-refractivity contribution < 1.29 is 33.8 Å². The number of ketones is 1. The summed E-state index contributed by atoms with van der Waals surface area (Å²) < 4.78 is 9.73. The highest BCUT2D eigenvalue weighted by molar-refractivity contribution is 6.06. The lowest BCUT2D eigenvalue weighted by atomic mass is 10.0. The van der Waals surface area contributed by atoms with Crippen molar-refractivity contribution in [2.24, 2.45) is 0 Å². The Morgan fingerprint density at radius 1 is 0.969 bits per heavy atom. The maximum Gasteiger partial charge on any atom is 0.412 e. The largest absolute Gasteiger partial charge is 0.482 e.